The van der Waals surface area contributed by atoms with E-state index in [4.69, 9.17) is 9.84 Å². The second-order valence-corrected chi connectivity index (χ2v) is 13.2. The van der Waals surface area contributed by atoms with Crippen LogP contribution in [0.1, 0.15) is 213 Å². The Balaban J connectivity index is 4.12. The molecule has 0 aromatic rings. The normalized spacial score (nSPS) is 11.9. The average Bonchev–Trinajstić information content (AvgIpc) is 3.00. The number of carbonyl (C=O) groups excluding carboxylic acids is 2. The lowest BCUT2D eigenvalue weighted by Gasteiger charge is -2.18. The van der Waals surface area contributed by atoms with Crippen molar-refractivity contribution in [3.63, 3.8) is 0 Å². The Morgan fingerprint density at radius 1 is 0.500 bits per heavy atom. The number of ether oxygens (including phenoxy) is 1. The number of aliphatic carboxylic acids is 1. The number of esters is 1. The fourth-order valence-corrected chi connectivity index (χ4v) is 5.93. The molecule has 1 amide bonds. The molecule has 2 N–H and O–H groups in total. The first-order valence-corrected chi connectivity index (χ1v) is 19.2. The summed E-state index contributed by atoms with van der Waals surface area (Å²) < 4.78 is 5.99. The third-order valence-corrected chi connectivity index (χ3v) is 8.78. The van der Waals surface area contributed by atoms with Crippen molar-refractivity contribution in [3.8, 4) is 0 Å². The van der Waals surface area contributed by atoms with Crippen LogP contribution in [0.4, 0.5) is 0 Å². The number of amides is 1. The molecule has 6 nitrogen and oxygen atoms in total. The molecule has 0 rings (SSSR count). The highest BCUT2D eigenvalue weighted by Crippen LogP contribution is 2.19. The lowest BCUT2D eigenvalue weighted by molar-refractivity contribution is -0.150. The van der Waals surface area contributed by atoms with Gasteiger partial charge in [-0.2, -0.15) is 0 Å². The van der Waals surface area contributed by atoms with E-state index in [0.29, 0.717) is 12.8 Å². The lowest BCUT2D eigenvalue weighted by atomic mass is 10.0. The molecule has 44 heavy (non-hydrogen) atoms. The standard InChI is InChI=1S/C38H73NO5/c1-3-5-7-9-11-13-14-15-16-17-18-19-22-26-30-35(44-38(43)33-29-25-20-12-10-8-6-4-2)31-27-23-21-24-28-32-36(40)39-34-37(41)42/h35H,3-34H2,1-2H3,(H,39,40)(H,41,42). The average molecular weight is 624 g/mol. The van der Waals surface area contributed by atoms with Crippen molar-refractivity contribution in [2.75, 3.05) is 6.54 Å². The molecule has 1 atom stereocenters. The Hall–Kier alpha value is -1.59. The van der Waals surface area contributed by atoms with Crippen LogP contribution in [0.3, 0.4) is 0 Å². The Labute approximate surface area is 272 Å². The molecule has 260 valence electrons. The van der Waals surface area contributed by atoms with Gasteiger partial charge >= 0.3 is 11.9 Å². The second kappa shape index (κ2) is 34.3. The van der Waals surface area contributed by atoms with E-state index >= 15 is 0 Å². The van der Waals surface area contributed by atoms with Gasteiger partial charge in [0.1, 0.15) is 12.6 Å². The predicted octanol–water partition coefficient (Wildman–Crippen LogP) is 11.2. The smallest absolute Gasteiger partial charge is 0.322 e. The van der Waals surface area contributed by atoms with Gasteiger partial charge in [-0.3, -0.25) is 14.4 Å². The fraction of sp³-hybridized carbons (Fsp3) is 0.921. The fourth-order valence-electron chi connectivity index (χ4n) is 5.93. The topological polar surface area (TPSA) is 92.7 Å². The maximum Gasteiger partial charge on any atom is 0.322 e. The van der Waals surface area contributed by atoms with Gasteiger partial charge in [0, 0.05) is 12.8 Å². The summed E-state index contributed by atoms with van der Waals surface area (Å²) in [6, 6.07) is 0. The van der Waals surface area contributed by atoms with Crippen LogP contribution in [0.25, 0.3) is 0 Å². The molecule has 0 saturated carbocycles. The van der Waals surface area contributed by atoms with Gasteiger partial charge in [0.05, 0.1) is 0 Å². The van der Waals surface area contributed by atoms with E-state index in [1.165, 1.54) is 122 Å². The van der Waals surface area contributed by atoms with Gasteiger partial charge in [-0.05, 0) is 38.5 Å². The number of hydrogen-bond donors (Lipinski definition) is 2. The Morgan fingerprint density at radius 2 is 0.841 bits per heavy atom. The second-order valence-electron chi connectivity index (χ2n) is 13.2. The van der Waals surface area contributed by atoms with Gasteiger partial charge in [0.25, 0.3) is 0 Å². The Morgan fingerprint density at radius 3 is 1.23 bits per heavy atom. The van der Waals surface area contributed by atoms with Crippen molar-refractivity contribution in [1.82, 2.24) is 5.32 Å². The van der Waals surface area contributed by atoms with Crippen molar-refractivity contribution < 1.29 is 24.2 Å². The number of nitrogens with one attached hydrogen (secondary N) is 1. The van der Waals surface area contributed by atoms with Crippen molar-refractivity contribution in [2.24, 2.45) is 0 Å². The monoisotopic (exact) mass is 624 g/mol. The van der Waals surface area contributed by atoms with E-state index in [-0.39, 0.29) is 24.5 Å². The van der Waals surface area contributed by atoms with Gasteiger partial charge in [0.15, 0.2) is 0 Å². The SMILES string of the molecule is CCCCCCCCCCCCCCCCC(CCCCCCCC(=O)NCC(=O)O)OC(=O)CCCCCCCCCC. The molecule has 0 aromatic heterocycles. The number of carboxylic acids is 1. The first-order valence-electron chi connectivity index (χ1n) is 19.2. The van der Waals surface area contributed by atoms with E-state index < -0.39 is 5.97 Å². The molecular formula is C38H73NO5. The van der Waals surface area contributed by atoms with Crippen LogP contribution in [-0.2, 0) is 19.1 Å². The Bertz CT molecular complexity index is 653. The Kier molecular flexibility index (Phi) is 33.0. The molecule has 0 saturated heterocycles. The summed E-state index contributed by atoms with van der Waals surface area (Å²) >= 11 is 0. The minimum Gasteiger partial charge on any atom is -0.480 e. The molecule has 0 bridgehead atoms. The molecule has 0 aliphatic rings. The van der Waals surface area contributed by atoms with Crippen LogP contribution < -0.4 is 5.32 Å². The number of unbranched alkanes of at least 4 members (excludes halogenated alkanes) is 24. The zero-order valence-corrected chi connectivity index (χ0v) is 29.3. The maximum atomic E-state index is 12.6. The van der Waals surface area contributed by atoms with Gasteiger partial charge in [-0.1, -0.05) is 162 Å². The van der Waals surface area contributed by atoms with Crippen molar-refractivity contribution in [1.29, 1.82) is 0 Å². The highest BCUT2D eigenvalue weighted by molar-refractivity contribution is 5.80. The highest BCUT2D eigenvalue weighted by atomic mass is 16.5. The summed E-state index contributed by atoms with van der Waals surface area (Å²) in [6.07, 6.45) is 36.5. The number of carbonyl (C=O) groups is 3. The first kappa shape index (κ1) is 42.4. The predicted molar refractivity (Wildman–Crippen MR) is 185 cm³/mol. The summed E-state index contributed by atoms with van der Waals surface area (Å²) in [4.78, 5) is 34.8. The van der Waals surface area contributed by atoms with Crippen LogP contribution in [-0.4, -0.2) is 35.6 Å². The number of hydrogen-bond acceptors (Lipinski definition) is 4. The van der Waals surface area contributed by atoms with Crippen LogP contribution in [0.2, 0.25) is 0 Å². The van der Waals surface area contributed by atoms with E-state index in [0.717, 1.165) is 64.2 Å². The molecule has 0 heterocycles. The quantitative estimate of drug-likeness (QED) is 0.0541. The van der Waals surface area contributed by atoms with Crippen molar-refractivity contribution in [3.05, 3.63) is 0 Å². The van der Waals surface area contributed by atoms with Gasteiger partial charge in [-0.25, -0.2) is 0 Å². The molecule has 0 radical (unpaired) electrons. The van der Waals surface area contributed by atoms with Crippen LogP contribution in [0.15, 0.2) is 0 Å². The summed E-state index contributed by atoms with van der Waals surface area (Å²) in [5.74, 6) is -1.22. The molecule has 1 unspecified atom stereocenters. The van der Waals surface area contributed by atoms with Gasteiger partial charge < -0.3 is 15.2 Å². The third-order valence-electron chi connectivity index (χ3n) is 8.78. The first-order chi connectivity index (χ1) is 21.5. The molecule has 6 heteroatoms. The van der Waals surface area contributed by atoms with Crippen LogP contribution in [0.5, 0.6) is 0 Å². The van der Waals surface area contributed by atoms with Crippen LogP contribution >= 0.6 is 0 Å². The molecular weight excluding hydrogens is 550 g/mol. The molecule has 0 spiro atoms. The van der Waals surface area contributed by atoms with Gasteiger partial charge in [0.2, 0.25) is 5.91 Å². The van der Waals surface area contributed by atoms with E-state index in [1.807, 2.05) is 0 Å². The lowest BCUT2D eigenvalue weighted by Crippen LogP contribution is -2.28. The molecule has 0 aromatic carbocycles. The van der Waals surface area contributed by atoms with E-state index in [2.05, 4.69) is 19.2 Å². The zero-order chi connectivity index (χ0) is 32.4. The number of carboxylic acid groups (broad SMARTS) is 1. The van der Waals surface area contributed by atoms with Gasteiger partial charge in [-0.15, -0.1) is 0 Å². The summed E-state index contributed by atoms with van der Waals surface area (Å²) in [5.41, 5.74) is 0. The summed E-state index contributed by atoms with van der Waals surface area (Å²) in [6.45, 7) is 4.21. The minimum atomic E-state index is -1.01. The van der Waals surface area contributed by atoms with E-state index in [9.17, 15) is 14.4 Å². The number of rotatable bonds is 35. The maximum absolute atomic E-state index is 12.6. The van der Waals surface area contributed by atoms with E-state index in [1.54, 1.807) is 0 Å². The molecule has 0 aliphatic heterocycles. The minimum absolute atomic E-state index is 0.0151. The largest absolute Gasteiger partial charge is 0.480 e. The van der Waals surface area contributed by atoms with Crippen molar-refractivity contribution in [2.45, 2.75) is 219 Å². The molecule has 0 fully saturated rings. The summed E-state index contributed by atoms with van der Waals surface area (Å²) in [5, 5.41) is 11.1. The van der Waals surface area contributed by atoms with Crippen LogP contribution in [0, 0.1) is 0 Å². The zero-order valence-electron chi connectivity index (χ0n) is 29.3. The van der Waals surface area contributed by atoms with Crippen molar-refractivity contribution >= 4 is 17.8 Å². The molecule has 0 aliphatic carbocycles. The highest BCUT2D eigenvalue weighted by Gasteiger charge is 2.14. The third kappa shape index (κ3) is 33.3. The summed E-state index contributed by atoms with van der Waals surface area (Å²) in [7, 11) is 0.